The minimum absolute atomic E-state index is 0.176. The van der Waals surface area contributed by atoms with E-state index in [1.165, 1.54) is 0 Å². The molecule has 0 saturated heterocycles. The predicted molar refractivity (Wildman–Crippen MR) is 37.7 cm³/mol. The van der Waals surface area contributed by atoms with Crippen LogP contribution in [0.25, 0.3) is 0 Å². The zero-order valence-electron chi connectivity index (χ0n) is 5.27. The second-order valence-electron chi connectivity index (χ2n) is 2.18. The molecule has 0 aliphatic carbocycles. The monoisotopic (exact) mass is 134 g/mol. The third-order valence-corrected chi connectivity index (χ3v) is 1.58. The summed E-state index contributed by atoms with van der Waals surface area (Å²) in [6.07, 6.45) is 4.36. The van der Waals surface area contributed by atoms with Gasteiger partial charge in [0.25, 0.3) is 0 Å². The van der Waals surface area contributed by atoms with Gasteiger partial charge >= 0.3 is 0 Å². The number of rotatable bonds is 1. The Morgan fingerprint density at radius 2 is 2.60 bits per heavy atom. The number of aliphatic imine (C=N–C) groups is 1. The van der Waals surface area contributed by atoms with Crippen molar-refractivity contribution in [1.82, 2.24) is 4.57 Å². The number of nitrogens with zero attached hydrogens (tertiary/aromatic N) is 2. The van der Waals surface area contributed by atoms with Crippen molar-refractivity contribution in [3.05, 3.63) is 18.3 Å². The van der Waals surface area contributed by atoms with Gasteiger partial charge in [0, 0.05) is 12.4 Å². The highest BCUT2D eigenvalue weighted by atomic mass is 16.1. The SMILES string of the molecule is O=CC1C=Nc2cccn21. The van der Waals surface area contributed by atoms with Gasteiger partial charge in [-0.05, 0) is 12.1 Å². The molecule has 1 aliphatic heterocycles. The van der Waals surface area contributed by atoms with E-state index >= 15 is 0 Å². The molecular weight excluding hydrogens is 128 g/mol. The second-order valence-corrected chi connectivity index (χ2v) is 2.18. The topological polar surface area (TPSA) is 34.4 Å². The maximum absolute atomic E-state index is 10.4. The number of hydrogen-bond donors (Lipinski definition) is 0. The van der Waals surface area contributed by atoms with E-state index in [1.807, 2.05) is 22.9 Å². The molecule has 2 rings (SSSR count). The molecule has 10 heavy (non-hydrogen) atoms. The van der Waals surface area contributed by atoms with Gasteiger partial charge in [-0.15, -0.1) is 0 Å². The molecule has 3 heteroatoms. The zero-order valence-corrected chi connectivity index (χ0v) is 5.27. The highest BCUT2D eigenvalue weighted by molar-refractivity contribution is 5.87. The van der Waals surface area contributed by atoms with Gasteiger partial charge in [-0.3, -0.25) is 0 Å². The molecular formula is C7H6N2O. The molecule has 2 heterocycles. The first-order valence-corrected chi connectivity index (χ1v) is 3.08. The van der Waals surface area contributed by atoms with Crippen molar-refractivity contribution in [2.45, 2.75) is 6.04 Å². The van der Waals surface area contributed by atoms with Gasteiger partial charge in [0.2, 0.25) is 0 Å². The van der Waals surface area contributed by atoms with Gasteiger partial charge in [-0.2, -0.15) is 0 Å². The van der Waals surface area contributed by atoms with Crippen molar-refractivity contribution in [3.8, 4) is 0 Å². The molecule has 0 N–H and O–H groups in total. The van der Waals surface area contributed by atoms with Crippen LogP contribution in [0, 0.1) is 0 Å². The van der Waals surface area contributed by atoms with Crippen LogP contribution >= 0.6 is 0 Å². The summed E-state index contributed by atoms with van der Waals surface area (Å²) in [6.45, 7) is 0. The van der Waals surface area contributed by atoms with Gasteiger partial charge in [0.15, 0.2) is 0 Å². The first-order chi connectivity index (χ1) is 4.92. The summed E-state index contributed by atoms with van der Waals surface area (Å²) in [4.78, 5) is 14.4. The van der Waals surface area contributed by atoms with Crippen LogP contribution in [0.5, 0.6) is 0 Å². The first kappa shape index (κ1) is 5.41. The Kier molecular flexibility index (Phi) is 0.974. The van der Waals surface area contributed by atoms with Gasteiger partial charge < -0.3 is 9.36 Å². The van der Waals surface area contributed by atoms with E-state index in [4.69, 9.17) is 0 Å². The Labute approximate surface area is 58.0 Å². The maximum atomic E-state index is 10.4. The largest absolute Gasteiger partial charge is 0.318 e. The van der Waals surface area contributed by atoms with Gasteiger partial charge in [0.1, 0.15) is 18.1 Å². The zero-order chi connectivity index (χ0) is 6.97. The number of fused-ring (bicyclic) bond motifs is 1. The number of carbonyl (C=O) groups excluding carboxylic acids is 1. The fraction of sp³-hybridized carbons (Fsp3) is 0.143. The first-order valence-electron chi connectivity index (χ1n) is 3.08. The summed E-state index contributed by atoms with van der Waals surface area (Å²) >= 11 is 0. The highest BCUT2D eigenvalue weighted by Gasteiger charge is 2.14. The molecule has 1 aromatic rings. The molecule has 0 aromatic carbocycles. The van der Waals surface area contributed by atoms with E-state index in [0.717, 1.165) is 12.1 Å². The Balaban J connectivity index is 2.52. The summed E-state index contributed by atoms with van der Waals surface area (Å²) in [5.74, 6) is 0.858. The average Bonchev–Trinajstić information content (AvgIpc) is 2.44. The highest BCUT2D eigenvalue weighted by Crippen LogP contribution is 2.22. The fourth-order valence-electron chi connectivity index (χ4n) is 1.07. The fourth-order valence-corrected chi connectivity index (χ4v) is 1.07. The number of aldehydes is 1. The molecule has 50 valence electrons. The van der Waals surface area contributed by atoms with Crippen molar-refractivity contribution in [2.24, 2.45) is 4.99 Å². The summed E-state index contributed by atoms with van der Waals surface area (Å²) < 4.78 is 1.83. The molecule has 1 aromatic heterocycles. The van der Waals surface area contributed by atoms with Gasteiger partial charge in [-0.25, -0.2) is 4.99 Å². The van der Waals surface area contributed by atoms with E-state index in [-0.39, 0.29) is 6.04 Å². The van der Waals surface area contributed by atoms with Crippen molar-refractivity contribution >= 4 is 18.3 Å². The van der Waals surface area contributed by atoms with Crippen LogP contribution in [0.4, 0.5) is 5.82 Å². The summed E-state index contributed by atoms with van der Waals surface area (Å²) in [5, 5.41) is 0. The smallest absolute Gasteiger partial charge is 0.148 e. The van der Waals surface area contributed by atoms with Crippen LogP contribution in [-0.4, -0.2) is 17.1 Å². The van der Waals surface area contributed by atoms with E-state index in [9.17, 15) is 4.79 Å². The lowest BCUT2D eigenvalue weighted by Gasteiger charge is -1.99. The lowest BCUT2D eigenvalue weighted by atomic mass is 10.4. The van der Waals surface area contributed by atoms with Crippen LogP contribution in [0.15, 0.2) is 23.3 Å². The van der Waals surface area contributed by atoms with Crippen LogP contribution < -0.4 is 0 Å². The molecule has 0 spiro atoms. The number of hydrogen-bond acceptors (Lipinski definition) is 2. The summed E-state index contributed by atoms with van der Waals surface area (Å²) in [7, 11) is 0. The molecule has 1 unspecified atom stereocenters. The van der Waals surface area contributed by atoms with Crippen molar-refractivity contribution in [1.29, 1.82) is 0 Å². The van der Waals surface area contributed by atoms with Crippen molar-refractivity contribution in [2.75, 3.05) is 0 Å². The molecule has 0 radical (unpaired) electrons. The third-order valence-electron chi connectivity index (χ3n) is 1.58. The van der Waals surface area contributed by atoms with E-state index in [0.29, 0.717) is 0 Å². The molecule has 1 aliphatic rings. The Morgan fingerprint density at radius 1 is 1.70 bits per heavy atom. The normalized spacial score (nSPS) is 21.0. The second kappa shape index (κ2) is 1.80. The predicted octanol–water partition coefficient (Wildman–Crippen LogP) is 0.944. The van der Waals surface area contributed by atoms with Crippen LogP contribution in [0.3, 0.4) is 0 Å². The average molecular weight is 134 g/mol. The molecule has 0 bridgehead atoms. The lowest BCUT2D eigenvalue weighted by molar-refractivity contribution is -0.108. The molecule has 0 fully saturated rings. The molecule has 1 atom stereocenters. The Bertz CT molecular complexity index is 288. The quantitative estimate of drug-likeness (QED) is 0.526. The van der Waals surface area contributed by atoms with Crippen molar-refractivity contribution < 1.29 is 4.79 Å². The van der Waals surface area contributed by atoms with E-state index in [2.05, 4.69) is 4.99 Å². The minimum Gasteiger partial charge on any atom is -0.318 e. The van der Waals surface area contributed by atoms with Gasteiger partial charge in [0.05, 0.1) is 0 Å². The maximum Gasteiger partial charge on any atom is 0.148 e. The summed E-state index contributed by atoms with van der Waals surface area (Å²) in [6, 6.07) is 3.58. The standard InChI is InChI=1S/C7H6N2O/c10-5-6-4-8-7-2-1-3-9(6)7/h1-6H. The lowest BCUT2D eigenvalue weighted by Crippen LogP contribution is -2.04. The van der Waals surface area contributed by atoms with Crippen LogP contribution in [-0.2, 0) is 4.79 Å². The van der Waals surface area contributed by atoms with Crippen LogP contribution in [0.2, 0.25) is 0 Å². The Hall–Kier alpha value is -1.38. The third kappa shape index (κ3) is 0.543. The van der Waals surface area contributed by atoms with Crippen LogP contribution in [0.1, 0.15) is 6.04 Å². The molecule has 3 nitrogen and oxygen atoms in total. The molecule has 0 saturated carbocycles. The van der Waals surface area contributed by atoms with E-state index in [1.54, 1.807) is 6.21 Å². The van der Waals surface area contributed by atoms with Gasteiger partial charge in [-0.1, -0.05) is 0 Å². The minimum atomic E-state index is -0.176. The Morgan fingerprint density at radius 3 is 3.40 bits per heavy atom. The molecule has 0 amide bonds. The number of aromatic nitrogens is 1. The number of carbonyl (C=O) groups is 1. The van der Waals surface area contributed by atoms with Crippen molar-refractivity contribution in [3.63, 3.8) is 0 Å². The summed E-state index contributed by atoms with van der Waals surface area (Å²) in [5.41, 5.74) is 0. The van der Waals surface area contributed by atoms with E-state index < -0.39 is 0 Å².